The van der Waals surface area contributed by atoms with Crippen molar-refractivity contribution < 1.29 is 22.7 Å². The molecule has 1 heterocycles. The molecule has 0 radical (unpaired) electrons. The summed E-state index contributed by atoms with van der Waals surface area (Å²) < 4.78 is 35.8. The van der Waals surface area contributed by atoms with E-state index in [1.807, 2.05) is 0 Å². The average molecular weight is 279 g/mol. The van der Waals surface area contributed by atoms with Crippen LogP contribution in [0.1, 0.15) is 26.7 Å². The van der Waals surface area contributed by atoms with Crippen LogP contribution in [-0.2, 0) is 24.3 Å². The molecule has 0 saturated carbocycles. The second-order valence-corrected chi connectivity index (χ2v) is 6.74. The number of rotatable bonds is 5. The molecular weight excluding hydrogens is 258 g/mol. The normalized spacial score (nSPS) is 18.3. The number of hydrogen-bond acceptors (Lipinski definition) is 5. The van der Waals surface area contributed by atoms with E-state index < -0.39 is 21.2 Å². The number of esters is 1. The Morgan fingerprint density at radius 1 is 1.39 bits per heavy atom. The first-order valence-corrected chi connectivity index (χ1v) is 7.55. The molecule has 1 aliphatic rings. The van der Waals surface area contributed by atoms with Gasteiger partial charge in [0.2, 0.25) is 10.0 Å². The van der Waals surface area contributed by atoms with E-state index in [-0.39, 0.29) is 12.6 Å². The third-order valence-corrected chi connectivity index (χ3v) is 5.52. The number of carbonyl (C=O) groups excluding carboxylic acids is 1. The maximum atomic E-state index is 12.4. The summed E-state index contributed by atoms with van der Waals surface area (Å²) in [7, 11) is -2.22. The summed E-state index contributed by atoms with van der Waals surface area (Å²) in [5.74, 6) is -0.542. The van der Waals surface area contributed by atoms with E-state index in [0.29, 0.717) is 26.1 Å². The lowest BCUT2D eigenvalue weighted by Crippen LogP contribution is -2.47. The minimum absolute atomic E-state index is 0.228. The molecule has 0 aromatic heterocycles. The average Bonchev–Trinajstić information content (AvgIpc) is 2.36. The largest absolute Gasteiger partial charge is 0.468 e. The Labute approximate surface area is 108 Å². The third kappa shape index (κ3) is 3.66. The predicted molar refractivity (Wildman–Crippen MR) is 66.6 cm³/mol. The van der Waals surface area contributed by atoms with Gasteiger partial charge in [-0.15, -0.1) is 0 Å². The van der Waals surface area contributed by atoms with Gasteiger partial charge in [-0.2, -0.15) is 4.31 Å². The lowest BCUT2D eigenvalue weighted by Gasteiger charge is -2.31. The van der Waals surface area contributed by atoms with Crippen LogP contribution in [0.3, 0.4) is 0 Å². The van der Waals surface area contributed by atoms with E-state index in [4.69, 9.17) is 4.74 Å². The van der Waals surface area contributed by atoms with Crippen molar-refractivity contribution in [1.82, 2.24) is 4.31 Å². The molecule has 1 saturated heterocycles. The number of ether oxygens (including phenoxy) is 2. The first-order valence-electron chi connectivity index (χ1n) is 6.04. The van der Waals surface area contributed by atoms with Gasteiger partial charge in [0.15, 0.2) is 0 Å². The van der Waals surface area contributed by atoms with Crippen molar-refractivity contribution in [2.75, 3.05) is 26.9 Å². The summed E-state index contributed by atoms with van der Waals surface area (Å²) in [4.78, 5) is 11.3. The van der Waals surface area contributed by atoms with Crippen LogP contribution >= 0.6 is 0 Å². The van der Waals surface area contributed by atoms with Gasteiger partial charge in [0.05, 0.1) is 12.4 Å². The number of hydrogen-bond donors (Lipinski definition) is 0. The molecular formula is C11H21NO5S. The first kappa shape index (κ1) is 15.4. The standard InChI is InChI=1S/C11H21NO5S/c1-9(2)12(8-11(13)16-3)18(14,15)10-4-6-17-7-5-10/h9-10H,4-8H2,1-3H3. The third-order valence-electron chi connectivity index (χ3n) is 3.01. The lowest BCUT2D eigenvalue weighted by molar-refractivity contribution is -0.141. The zero-order valence-electron chi connectivity index (χ0n) is 11.1. The van der Waals surface area contributed by atoms with Gasteiger partial charge < -0.3 is 9.47 Å². The van der Waals surface area contributed by atoms with Crippen molar-refractivity contribution in [2.45, 2.75) is 38.0 Å². The van der Waals surface area contributed by atoms with Crippen molar-refractivity contribution in [3.8, 4) is 0 Å². The van der Waals surface area contributed by atoms with Crippen molar-refractivity contribution >= 4 is 16.0 Å². The molecule has 0 spiro atoms. The Balaban J connectivity index is 2.85. The fraction of sp³-hybridized carbons (Fsp3) is 0.909. The van der Waals surface area contributed by atoms with Gasteiger partial charge in [0, 0.05) is 19.3 Å². The summed E-state index contributed by atoms with van der Waals surface area (Å²) in [6.07, 6.45) is 0.958. The highest BCUT2D eigenvalue weighted by atomic mass is 32.2. The molecule has 0 N–H and O–H groups in total. The molecule has 1 aliphatic heterocycles. The van der Waals surface area contributed by atoms with Crippen LogP contribution in [0.5, 0.6) is 0 Å². The number of carbonyl (C=O) groups is 1. The number of sulfonamides is 1. The molecule has 0 unspecified atom stereocenters. The highest BCUT2D eigenvalue weighted by Gasteiger charge is 2.36. The highest BCUT2D eigenvalue weighted by molar-refractivity contribution is 7.89. The zero-order valence-corrected chi connectivity index (χ0v) is 11.9. The fourth-order valence-corrected chi connectivity index (χ4v) is 3.97. The maximum absolute atomic E-state index is 12.4. The molecule has 0 aromatic carbocycles. The molecule has 0 amide bonds. The molecule has 6 nitrogen and oxygen atoms in total. The second-order valence-electron chi connectivity index (χ2n) is 4.57. The van der Waals surface area contributed by atoms with Crippen LogP contribution in [-0.4, -0.2) is 56.9 Å². The van der Waals surface area contributed by atoms with Crippen LogP contribution in [0, 0.1) is 0 Å². The summed E-state index contributed by atoms with van der Waals surface area (Å²) >= 11 is 0. The van der Waals surface area contributed by atoms with Crippen LogP contribution in [0.2, 0.25) is 0 Å². The second kappa shape index (κ2) is 6.49. The topological polar surface area (TPSA) is 72.9 Å². The minimum Gasteiger partial charge on any atom is -0.468 e. The summed E-state index contributed by atoms with van der Waals surface area (Å²) in [5, 5.41) is -0.460. The van der Waals surface area contributed by atoms with Crippen molar-refractivity contribution in [2.24, 2.45) is 0 Å². The predicted octanol–water partition coefficient (Wildman–Crippen LogP) is 0.379. The van der Waals surface area contributed by atoms with E-state index in [1.54, 1.807) is 13.8 Å². The molecule has 18 heavy (non-hydrogen) atoms. The van der Waals surface area contributed by atoms with Gasteiger partial charge in [0.25, 0.3) is 0 Å². The Morgan fingerprint density at radius 2 is 1.94 bits per heavy atom. The fourth-order valence-electron chi connectivity index (χ4n) is 1.92. The Hall–Kier alpha value is -0.660. The van der Waals surface area contributed by atoms with Gasteiger partial charge in [-0.25, -0.2) is 8.42 Å². The Bertz CT molecular complexity index is 373. The van der Waals surface area contributed by atoms with E-state index in [0.717, 1.165) is 0 Å². The molecule has 0 atom stereocenters. The summed E-state index contributed by atoms with van der Waals surface area (Å²) in [5.41, 5.74) is 0. The quantitative estimate of drug-likeness (QED) is 0.680. The van der Waals surface area contributed by atoms with Crippen molar-refractivity contribution in [1.29, 1.82) is 0 Å². The van der Waals surface area contributed by atoms with E-state index in [9.17, 15) is 13.2 Å². The van der Waals surface area contributed by atoms with Crippen LogP contribution in [0.4, 0.5) is 0 Å². The van der Waals surface area contributed by atoms with Gasteiger partial charge >= 0.3 is 5.97 Å². The number of methoxy groups -OCH3 is 1. The maximum Gasteiger partial charge on any atom is 0.321 e. The first-order chi connectivity index (χ1) is 8.39. The summed E-state index contributed by atoms with van der Waals surface area (Å²) in [6.45, 7) is 4.18. The van der Waals surface area contributed by atoms with Crippen LogP contribution in [0.25, 0.3) is 0 Å². The van der Waals surface area contributed by atoms with Crippen LogP contribution in [0.15, 0.2) is 0 Å². The SMILES string of the molecule is COC(=O)CN(C(C)C)S(=O)(=O)C1CCOCC1. The molecule has 7 heteroatoms. The summed E-state index contributed by atoms with van der Waals surface area (Å²) in [6, 6.07) is -0.267. The molecule has 0 aromatic rings. The highest BCUT2D eigenvalue weighted by Crippen LogP contribution is 2.21. The molecule has 1 rings (SSSR count). The molecule has 0 bridgehead atoms. The van der Waals surface area contributed by atoms with Gasteiger partial charge in [0.1, 0.15) is 6.54 Å². The molecule has 0 aliphatic carbocycles. The van der Waals surface area contributed by atoms with E-state index in [1.165, 1.54) is 11.4 Å². The van der Waals surface area contributed by atoms with E-state index >= 15 is 0 Å². The van der Waals surface area contributed by atoms with Gasteiger partial charge in [-0.3, -0.25) is 4.79 Å². The zero-order chi connectivity index (χ0) is 13.8. The number of nitrogens with zero attached hydrogens (tertiary/aromatic N) is 1. The molecule has 106 valence electrons. The Morgan fingerprint density at radius 3 is 2.39 bits per heavy atom. The van der Waals surface area contributed by atoms with Gasteiger partial charge in [-0.1, -0.05) is 0 Å². The van der Waals surface area contributed by atoms with Crippen molar-refractivity contribution in [3.63, 3.8) is 0 Å². The minimum atomic E-state index is -3.48. The van der Waals surface area contributed by atoms with E-state index in [2.05, 4.69) is 4.74 Å². The monoisotopic (exact) mass is 279 g/mol. The Kier molecular flexibility index (Phi) is 5.55. The van der Waals surface area contributed by atoms with Gasteiger partial charge in [-0.05, 0) is 26.7 Å². The van der Waals surface area contributed by atoms with Crippen LogP contribution < -0.4 is 0 Å². The molecule has 1 fully saturated rings. The smallest absolute Gasteiger partial charge is 0.321 e. The lowest BCUT2D eigenvalue weighted by atomic mass is 10.2. The van der Waals surface area contributed by atoms with Crippen molar-refractivity contribution in [3.05, 3.63) is 0 Å².